The zero-order valence-electron chi connectivity index (χ0n) is 25.5. The Hall–Kier alpha value is -3.12. The van der Waals surface area contributed by atoms with Gasteiger partial charge in [-0.2, -0.15) is 0 Å². The summed E-state index contributed by atoms with van der Waals surface area (Å²) in [5, 5.41) is 0.291. The minimum atomic E-state index is -0.535. The van der Waals surface area contributed by atoms with Crippen LogP contribution in [0.4, 0.5) is 4.39 Å². The molecule has 0 bridgehead atoms. The predicted molar refractivity (Wildman–Crippen MR) is 163 cm³/mol. The smallest absolute Gasteiger partial charge is 0.180 e. The standard InChI is InChI=1S/C35H41ClFNO4/c1-7-13-38-25-16-34(3,4)18-27(39)31(25)30(32-26(38)17-35(5,6)19-28(32)40)22-14-23(36)33(29(15-22)41-8-2)42-20-21-11-9-10-12-24(21)37/h9-12,14-15,30H,7-8,13,16-20H2,1-6H3. The number of ether oxygens (including phenoxy) is 2. The van der Waals surface area contributed by atoms with Gasteiger partial charge in [0.15, 0.2) is 23.1 Å². The molecule has 0 saturated heterocycles. The van der Waals surface area contributed by atoms with Crippen molar-refractivity contribution >= 4 is 23.2 Å². The van der Waals surface area contributed by atoms with E-state index >= 15 is 0 Å². The Balaban J connectivity index is 1.67. The summed E-state index contributed by atoms with van der Waals surface area (Å²) >= 11 is 6.88. The maximum Gasteiger partial charge on any atom is 0.180 e. The first-order chi connectivity index (χ1) is 19.9. The van der Waals surface area contributed by atoms with Crippen LogP contribution in [0.5, 0.6) is 11.5 Å². The largest absolute Gasteiger partial charge is 0.490 e. The monoisotopic (exact) mass is 593 g/mol. The summed E-state index contributed by atoms with van der Waals surface area (Å²) < 4.78 is 26.3. The molecule has 0 saturated carbocycles. The molecular weight excluding hydrogens is 553 g/mol. The van der Waals surface area contributed by atoms with Gasteiger partial charge >= 0.3 is 0 Å². The van der Waals surface area contributed by atoms with Crippen LogP contribution in [0.25, 0.3) is 0 Å². The van der Waals surface area contributed by atoms with E-state index in [1.165, 1.54) is 6.07 Å². The van der Waals surface area contributed by atoms with Crippen molar-refractivity contribution in [1.82, 2.24) is 4.90 Å². The highest BCUT2D eigenvalue weighted by atomic mass is 35.5. The highest BCUT2D eigenvalue weighted by Gasteiger charge is 2.49. The number of carbonyl (C=O) groups is 2. The summed E-state index contributed by atoms with van der Waals surface area (Å²) in [5.74, 6) is -0.0320. The maximum absolute atomic E-state index is 14.3. The first-order valence-electron chi connectivity index (χ1n) is 15.0. The molecular formula is C35H41ClFNO4. The average molecular weight is 594 g/mol. The van der Waals surface area contributed by atoms with Crippen LogP contribution < -0.4 is 9.47 Å². The fourth-order valence-corrected chi connectivity index (χ4v) is 7.07. The third-order valence-electron chi connectivity index (χ3n) is 8.46. The number of Topliss-reactive ketones (excluding diaryl/α,β-unsaturated/α-hetero) is 2. The molecule has 0 unspecified atom stereocenters. The van der Waals surface area contributed by atoms with Gasteiger partial charge in [0.2, 0.25) is 0 Å². The van der Waals surface area contributed by atoms with Crippen molar-refractivity contribution in [2.24, 2.45) is 10.8 Å². The summed E-state index contributed by atoms with van der Waals surface area (Å²) in [5.41, 5.74) is 4.23. The van der Waals surface area contributed by atoms with E-state index in [4.69, 9.17) is 21.1 Å². The molecule has 7 heteroatoms. The molecule has 42 heavy (non-hydrogen) atoms. The number of nitrogens with zero attached hydrogens (tertiary/aromatic N) is 1. The van der Waals surface area contributed by atoms with E-state index in [0.29, 0.717) is 52.7 Å². The second kappa shape index (κ2) is 11.5. The van der Waals surface area contributed by atoms with E-state index in [9.17, 15) is 14.0 Å². The third kappa shape index (κ3) is 5.75. The van der Waals surface area contributed by atoms with Gasteiger partial charge in [-0.3, -0.25) is 9.59 Å². The first-order valence-corrected chi connectivity index (χ1v) is 15.4. The van der Waals surface area contributed by atoms with Crippen molar-refractivity contribution in [3.8, 4) is 11.5 Å². The van der Waals surface area contributed by atoms with Gasteiger partial charge in [0.05, 0.1) is 11.6 Å². The molecule has 0 atom stereocenters. The summed E-state index contributed by atoms with van der Waals surface area (Å²) in [6, 6.07) is 10.1. The molecule has 0 aromatic heterocycles. The van der Waals surface area contributed by atoms with Crippen molar-refractivity contribution in [2.45, 2.75) is 86.2 Å². The number of ketones is 2. The van der Waals surface area contributed by atoms with Crippen LogP contribution in [0.3, 0.4) is 0 Å². The van der Waals surface area contributed by atoms with Crippen molar-refractivity contribution in [3.63, 3.8) is 0 Å². The SMILES string of the molecule is CCCN1C2=C(C(=O)CC(C)(C)C2)C(c2cc(Cl)c(OCc3ccccc3F)c(OCC)c2)C2=C1CC(C)(C)CC2=O. The third-order valence-corrected chi connectivity index (χ3v) is 8.74. The normalized spacial score (nSPS) is 20.0. The van der Waals surface area contributed by atoms with E-state index in [1.54, 1.807) is 24.3 Å². The molecule has 3 aliphatic rings. The van der Waals surface area contributed by atoms with Crippen LogP contribution in [-0.4, -0.2) is 29.6 Å². The van der Waals surface area contributed by atoms with E-state index < -0.39 is 5.92 Å². The summed E-state index contributed by atoms with van der Waals surface area (Å²) in [6.07, 6.45) is 3.24. The van der Waals surface area contributed by atoms with Crippen molar-refractivity contribution in [2.75, 3.05) is 13.2 Å². The molecule has 1 heterocycles. The Morgan fingerprint density at radius 1 is 0.905 bits per heavy atom. The summed E-state index contributed by atoms with van der Waals surface area (Å²) in [4.78, 5) is 30.3. The van der Waals surface area contributed by atoms with Gasteiger partial charge in [-0.1, -0.05) is 64.4 Å². The van der Waals surface area contributed by atoms with Crippen LogP contribution >= 0.6 is 11.6 Å². The fourth-order valence-electron chi connectivity index (χ4n) is 6.80. The molecule has 224 valence electrons. The lowest BCUT2D eigenvalue weighted by Crippen LogP contribution is -2.44. The Labute approximate surface area is 253 Å². The zero-order chi connectivity index (χ0) is 30.4. The minimum Gasteiger partial charge on any atom is -0.490 e. The van der Waals surface area contributed by atoms with E-state index in [-0.39, 0.29) is 34.8 Å². The molecule has 0 spiro atoms. The second-order valence-corrected chi connectivity index (χ2v) is 13.7. The van der Waals surface area contributed by atoms with Crippen LogP contribution in [0.2, 0.25) is 5.02 Å². The van der Waals surface area contributed by atoms with E-state index in [0.717, 1.165) is 42.8 Å². The number of hydrogen-bond acceptors (Lipinski definition) is 5. The average Bonchev–Trinajstić information content (AvgIpc) is 2.88. The van der Waals surface area contributed by atoms with Crippen molar-refractivity contribution < 1.29 is 23.5 Å². The van der Waals surface area contributed by atoms with Gasteiger partial charge in [-0.25, -0.2) is 4.39 Å². The Morgan fingerprint density at radius 2 is 1.50 bits per heavy atom. The van der Waals surface area contributed by atoms with E-state index in [2.05, 4.69) is 39.5 Å². The van der Waals surface area contributed by atoms with Gasteiger partial charge in [0, 0.05) is 53.4 Å². The lowest BCUT2D eigenvalue weighted by molar-refractivity contribution is -0.119. The van der Waals surface area contributed by atoms with Gasteiger partial charge in [0.25, 0.3) is 0 Å². The quantitative estimate of drug-likeness (QED) is 0.307. The lowest BCUT2D eigenvalue weighted by atomic mass is 9.63. The zero-order valence-corrected chi connectivity index (χ0v) is 26.3. The van der Waals surface area contributed by atoms with E-state index in [1.807, 2.05) is 13.0 Å². The maximum atomic E-state index is 14.3. The number of carbonyl (C=O) groups excluding carboxylic acids is 2. The van der Waals surface area contributed by atoms with Crippen LogP contribution in [0, 0.1) is 16.6 Å². The van der Waals surface area contributed by atoms with Crippen LogP contribution in [0.1, 0.15) is 90.7 Å². The molecule has 5 nitrogen and oxygen atoms in total. The fraction of sp³-hybridized carbons (Fsp3) is 0.486. The minimum absolute atomic E-state index is 0.0209. The van der Waals surface area contributed by atoms with Crippen LogP contribution in [0.15, 0.2) is 58.9 Å². The number of halogens is 2. The first kappa shape index (κ1) is 30.3. The Bertz CT molecular complexity index is 1430. The summed E-state index contributed by atoms with van der Waals surface area (Å²) in [7, 11) is 0. The molecule has 2 aromatic carbocycles. The highest BCUT2D eigenvalue weighted by Crippen LogP contribution is 2.55. The predicted octanol–water partition coefficient (Wildman–Crippen LogP) is 8.55. The molecule has 5 rings (SSSR count). The highest BCUT2D eigenvalue weighted by molar-refractivity contribution is 6.32. The van der Waals surface area contributed by atoms with Gasteiger partial charge in [-0.15, -0.1) is 0 Å². The number of hydrogen-bond donors (Lipinski definition) is 0. The molecule has 2 aromatic rings. The van der Waals surface area contributed by atoms with Crippen LogP contribution in [-0.2, 0) is 16.2 Å². The molecule has 2 aliphatic carbocycles. The number of allylic oxidation sites excluding steroid dienone is 4. The number of benzene rings is 2. The van der Waals surface area contributed by atoms with Gasteiger partial charge < -0.3 is 14.4 Å². The molecule has 0 fully saturated rings. The summed E-state index contributed by atoms with van der Waals surface area (Å²) in [6.45, 7) is 13.6. The molecule has 0 N–H and O–H groups in total. The Morgan fingerprint density at radius 3 is 2.05 bits per heavy atom. The molecule has 1 aliphatic heterocycles. The molecule has 0 amide bonds. The number of rotatable bonds is 8. The van der Waals surface area contributed by atoms with Crippen molar-refractivity contribution in [1.29, 1.82) is 0 Å². The lowest BCUT2D eigenvalue weighted by Gasteiger charge is -2.49. The van der Waals surface area contributed by atoms with Gasteiger partial charge in [-0.05, 0) is 60.8 Å². The topological polar surface area (TPSA) is 55.8 Å². The molecule has 0 radical (unpaired) electrons. The van der Waals surface area contributed by atoms with Gasteiger partial charge in [0.1, 0.15) is 12.4 Å². The second-order valence-electron chi connectivity index (χ2n) is 13.3. The van der Waals surface area contributed by atoms with Crippen molar-refractivity contribution in [3.05, 3.63) is 80.9 Å². The Kier molecular flexibility index (Phi) is 8.32.